The molecule has 1 unspecified atom stereocenters. The van der Waals surface area contributed by atoms with Crippen molar-refractivity contribution in [2.75, 3.05) is 19.1 Å². The van der Waals surface area contributed by atoms with Gasteiger partial charge in [0.15, 0.2) is 5.69 Å². The van der Waals surface area contributed by atoms with Crippen LogP contribution in [0.15, 0.2) is 48.5 Å². The van der Waals surface area contributed by atoms with Gasteiger partial charge < -0.3 is 9.47 Å². The van der Waals surface area contributed by atoms with Crippen LogP contribution in [0.25, 0.3) is 0 Å². The maximum absolute atomic E-state index is 13.4. The minimum absolute atomic E-state index is 0.159. The summed E-state index contributed by atoms with van der Waals surface area (Å²) < 4.78 is 10.1. The van der Waals surface area contributed by atoms with Crippen LogP contribution < -0.4 is 9.64 Å². The third-order valence-corrected chi connectivity index (χ3v) is 5.45. The van der Waals surface area contributed by atoms with Crippen LogP contribution in [0.3, 0.4) is 0 Å². The number of carbonyl (C=O) groups is 2. The normalized spacial score (nSPS) is 15.3. The Morgan fingerprint density at radius 2 is 1.77 bits per heavy atom. The van der Waals surface area contributed by atoms with Crippen molar-refractivity contribution >= 4 is 17.6 Å². The highest BCUT2D eigenvalue weighted by molar-refractivity contribution is 6.10. The number of methoxy groups -OCH3 is 2. The van der Waals surface area contributed by atoms with E-state index in [2.05, 4.69) is 24.0 Å². The lowest BCUT2D eigenvalue weighted by Crippen LogP contribution is -2.29. The second-order valence-corrected chi connectivity index (χ2v) is 7.95. The Morgan fingerprint density at radius 3 is 2.35 bits per heavy atom. The number of rotatable bonds is 6. The van der Waals surface area contributed by atoms with E-state index in [1.54, 1.807) is 24.1 Å². The first-order valence-corrected chi connectivity index (χ1v) is 10.2. The van der Waals surface area contributed by atoms with Gasteiger partial charge in [-0.25, -0.2) is 4.79 Å². The molecule has 0 fully saturated rings. The summed E-state index contributed by atoms with van der Waals surface area (Å²) in [6, 6.07) is 14.2. The molecule has 1 N–H and O–H groups in total. The monoisotopic (exact) mass is 419 g/mol. The Balaban J connectivity index is 1.83. The fraction of sp³-hybridized carbons (Fsp3) is 0.292. The quantitative estimate of drug-likeness (QED) is 0.607. The highest BCUT2D eigenvalue weighted by Crippen LogP contribution is 2.43. The van der Waals surface area contributed by atoms with E-state index in [9.17, 15) is 9.59 Å². The Morgan fingerprint density at radius 1 is 1.10 bits per heavy atom. The number of anilines is 1. The SMILES string of the molecule is COC(=O)c1ccc(C2c3c(n[nH]c3CC(C)C)C(=O)N2c2ccc(OC)cc2)cc1. The smallest absolute Gasteiger partial charge is 0.337 e. The van der Waals surface area contributed by atoms with E-state index in [1.165, 1.54) is 7.11 Å². The van der Waals surface area contributed by atoms with Crippen molar-refractivity contribution in [3.63, 3.8) is 0 Å². The number of hydrogen-bond acceptors (Lipinski definition) is 5. The first-order valence-electron chi connectivity index (χ1n) is 10.2. The lowest BCUT2D eigenvalue weighted by molar-refractivity contribution is 0.0600. The maximum atomic E-state index is 13.4. The van der Waals surface area contributed by atoms with Gasteiger partial charge in [0.05, 0.1) is 25.8 Å². The molecule has 1 aliphatic rings. The van der Waals surface area contributed by atoms with Crippen molar-refractivity contribution in [3.05, 3.63) is 76.6 Å². The van der Waals surface area contributed by atoms with Crippen LogP contribution in [0.1, 0.15) is 57.6 Å². The van der Waals surface area contributed by atoms with Crippen LogP contribution in [0.5, 0.6) is 5.75 Å². The van der Waals surface area contributed by atoms with Crippen LogP contribution in [0, 0.1) is 5.92 Å². The lowest BCUT2D eigenvalue weighted by Gasteiger charge is -2.27. The summed E-state index contributed by atoms with van der Waals surface area (Å²) in [5, 5.41) is 7.44. The Hall–Kier alpha value is -3.61. The highest BCUT2D eigenvalue weighted by atomic mass is 16.5. The lowest BCUT2D eigenvalue weighted by atomic mass is 9.94. The number of aromatic amines is 1. The number of aromatic nitrogens is 2. The van der Waals surface area contributed by atoms with E-state index in [4.69, 9.17) is 9.47 Å². The summed E-state index contributed by atoms with van der Waals surface area (Å²) in [5.41, 5.74) is 4.38. The molecule has 1 atom stereocenters. The number of benzene rings is 2. The van der Waals surface area contributed by atoms with Crippen molar-refractivity contribution in [1.82, 2.24) is 10.2 Å². The van der Waals surface area contributed by atoms with Gasteiger partial charge in [-0.05, 0) is 54.3 Å². The predicted molar refractivity (Wildman–Crippen MR) is 117 cm³/mol. The van der Waals surface area contributed by atoms with Crippen LogP contribution >= 0.6 is 0 Å². The fourth-order valence-electron chi connectivity index (χ4n) is 4.01. The molecule has 0 spiro atoms. The molecular weight excluding hydrogens is 394 g/mol. The largest absolute Gasteiger partial charge is 0.497 e. The second-order valence-electron chi connectivity index (χ2n) is 7.95. The Labute approximate surface area is 181 Å². The van der Waals surface area contributed by atoms with E-state index < -0.39 is 5.97 Å². The van der Waals surface area contributed by atoms with Gasteiger partial charge in [-0.1, -0.05) is 26.0 Å². The molecule has 1 amide bonds. The molecule has 0 saturated carbocycles. The van der Waals surface area contributed by atoms with Gasteiger partial charge >= 0.3 is 5.97 Å². The van der Waals surface area contributed by atoms with Gasteiger partial charge in [0.2, 0.25) is 0 Å². The van der Waals surface area contributed by atoms with Crippen LogP contribution in [0.4, 0.5) is 5.69 Å². The molecule has 0 saturated heterocycles. The van der Waals surface area contributed by atoms with Gasteiger partial charge in [0, 0.05) is 16.9 Å². The number of ether oxygens (including phenoxy) is 2. The minimum Gasteiger partial charge on any atom is -0.497 e. The number of carbonyl (C=O) groups excluding carboxylic acids is 2. The number of nitrogens with one attached hydrogen (secondary N) is 1. The van der Waals surface area contributed by atoms with Crippen LogP contribution in [-0.2, 0) is 11.2 Å². The molecule has 0 aliphatic carbocycles. The van der Waals surface area contributed by atoms with Crippen molar-refractivity contribution in [3.8, 4) is 5.75 Å². The molecule has 160 valence electrons. The molecule has 2 aromatic carbocycles. The van der Waals surface area contributed by atoms with Crippen LogP contribution in [0.2, 0.25) is 0 Å². The molecule has 0 radical (unpaired) electrons. The molecule has 1 aromatic heterocycles. The van der Waals surface area contributed by atoms with Crippen molar-refractivity contribution in [1.29, 1.82) is 0 Å². The van der Waals surface area contributed by atoms with E-state index in [1.807, 2.05) is 36.4 Å². The number of esters is 1. The molecule has 3 aromatic rings. The van der Waals surface area contributed by atoms with Crippen LogP contribution in [-0.4, -0.2) is 36.3 Å². The van der Waals surface area contributed by atoms with Crippen molar-refractivity contribution < 1.29 is 19.1 Å². The summed E-state index contributed by atoms with van der Waals surface area (Å²) in [5.74, 6) is 0.560. The summed E-state index contributed by atoms with van der Waals surface area (Å²) >= 11 is 0. The topological polar surface area (TPSA) is 84.5 Å². The average Bonchev–Trinajstić information content (AvgIpc) is 3.31. The standard InChI is InChI=1S/C24H25N3O4/c1-14(2)13-19-20-21(26-25-19)23(28)27(17-9-11-18(30-3)12-10-17)22(20)15-5-7-16(8-6-15)24(29)31-4/h5-12,14,22H,13H2,1-4H3,(H,25,26). The molecule has 7 heteroatoms. The van der Waals surface area contributed by atoms with Crippen molar-refractivity contribution in [2.45, 2.75) is 26.3 Å². The molecule has 31 heavy (non-hydrogen) atoms. The number of amides is 1. The number of hydrogen-bond donors (Lipinski definition) is 1. The summed E-state index contributed by atoms with van der Waals surface area (Å²) in [6.45, 7) is 4.26. The van der Waals surface area contributed by atoms with Gasteiger partial charge in [0.1, 0.15) is 5.75 Å². The summed E-state index contributed by atoms with van der Waals surface area (Å²) in [7, 11) is 2.96. The average molecular weight is 419 g/mol. The van der Waals surface area contributed by atoms with Crippen molar-refractivity contribution in [2.24, 2.45) is 5.92 Å². The zero-order chi connectivity index (χ0) is 22.1. The van der Waals surface area contributed by atoms with E-state index in [-0.39, 0.29) is 11.9 Å². The summed E-state index contributed by atoms with van der Waals surface area (Å²) in [4.78, 5) is 27.0. The molecule has 1 aliphatic heterocycles. The minimum atomic E-state index is -0.398. The molecule has 7 nitrogen and oxygen atoms in total. The molecule has 2 heterocycles. The first-order chi connectivity index (χ1) is 14.9. The molecule has 4 rings (SSSR count). The third-order valence-electron chi connectivity index (χ3n) is 5.45. The van der Waals surface area contributed by atoms with Gasteiger partial charge in [-0.3, -0.25) is 14.8 Å². The molecular formula is C24H25N3O4. The van der Waals surface area contributed by atoms with Gasteiger partial charge in [0.25, 0.3) is 5.91 Å². The highest BCUT2D eigenvalue weighted by Gasteiger charge is 2.43. The molecule has 0 bridgehead atoms. The predicted octanol–water partition coefficient (Wildman–Crippen LogP) is 4.15. The Bertz CT molecular complexity index is 1100. The van der Waals surface area contributed by atoms with Gasteiger partial charge in [-0.2, -0.15) is 5.10 Å². The maximum Gasteiger partial charge on any atom is 0.337 e. The zero-order valence-electron chi connectivity index (χ0n) is 18.0. The number of H-pyrrole nitrogens is 1. The first kappa shape index (κ1) is 20.7. The number of nitrogens with zero attached hydrogens (tertiary/aromatic N) is 2. The third kappa shape index (κ3) is 3.67. The fourth-order valence-corrected chi connectivity index (χ4v) is 4.01. The summed E-state index contributed by atoms with van der Waals surface area (Å²) in [6.07, 6.45) is 0.781. The zero-order valence-corrected chi connectivity index (χ0v) is 18.0. The van der Waals surface area contributed by atoms with E-state index in [0.29, 0.717) is 22.9 Å². The number of fused-ring (bicyclic) bond motifs is 1. The Kier molecular flexibility index (Phi) is 5.50. The van der Waals surface area contributed by atoms with Gasteiger partial charge in [-0.15, -0.1) is 0 Å². The van der Waals surface area contributed by atoms with E-state index in [0.717, 1.165) is 28.9 Å². The van der Waals surface area contributed by atoms with E-state index >= 15 is 0 Å². The second kappa shape index (κ2) is 8.26.